The van der Waals surface area contributed by atoms with E-state index in [0.717, 1.165) is 27.8 Å². The van der Waals surface area contributed by atoms with Gasteiger partial charge in [0.1, 0.15) is 23.7 Å². The Bertz CT molecular complexity index is 958. The fourth-order valence-corrected chi connectivity index (χ4v) is 4.59. The van der Waals surface area contributed by atoms with Gasteiger partial charge in [-0.05, 0) is 32.3 Å². The molecule has 1 aromatic carbocycles. The van der Waals surface area contributed by atoms with E-state index in [1.807, 2.05) is 26.0 Å². The molecule has 3 N–H and O–H groups in total. The first-order valence-electron chi connectivity index (χ1n) is 9.82. The highest BCUT2D eigenvalue weighted by Gasteiger charge is 2.47. The average molecular weight is 464 g/mol. The van der Waals surface area contributed by atoms with Crippen LogP contribution in [0, 0.1) is 26.2 Å². The lowest BCUT2D eigenvalue weighted by atomic mass is 10.1. The highest BCUT2D eigenvalue weighted by Crippen LogP contribution is 2.51. The quantitative estimate of drug-likeness (QED) is 0.181. The van der Waals surface area contributed by atoms with Gasteiger partial charge >= 0.3 is 14.6 Å². The molecule has 1 aromatic rings. The summed E-state index contributed by atoms with van der Waals surface area (Å²) in [6, 6.07) is 3.87. The van der Waals surface area contributed by atoms with E-state index < -0.39 is 32.8 Å². The topological polar surface area (TPSA) is 127 Å². The molecule has 11 heteroatoms. The van der Waals surface area contributed by atoms with Crippen LogP contribution in [0.4, 0.5) is 0 Å². The minimum atomic E-state index is -2.73. The maximum Gasteiger partial charge on any atom is 0.402 e. The zero-order chi connectivity index (χ0) is 23.5. The number of ether oxygens (including phenoxy) is 1. The number of hydrogen-bond donors (Lipinski definition) is 3. The fraction of sp³-hybridized carbons (Fsp3) is 0.429. The van der Waals surface area contributed by atoms with Crippen LogP contribution in [0.2, 0.25) is 0 Å². The third-order valence-corrected chi connectivity index (χ3v) is 6.06. The van der Waals surface area contributed by atoms with Crippen molar-refractivity contribution in [3.63, 3.8) is 0 Å². The number of amides is 2. The molecule has 1 fully saturated rings. The second-order valence-electron chi connectivity index (χ2n) is 7.38. The van der Waals surface area contributed by atoms with E-state index in [4.69, 9.17) is 24.7 Å². The van der Waals surface area contributed by atoms with Gasteiger partial charge in [-0.25, -0.2) is 4.52 Å². The van der Waals surface area contributed by atoms with E-state index in [0.29, 0.717) is 12.2 Å². The third-order valence-electron chi connectivity index (χ3n) is 4.97. The molecule has 0 bridgehead atoms. The molecule has 2 aliphatic heterocycles. The van der Waals surface area contributed by atoms with Gasteiger partial charge in [-0.15, -0.1) is 6.42 Å². The van der Waals surface area contributed by atoms with E-state index in [1.165, 1.54) is 7.05 Å². The van der Waals surface area contributed by atoms with E-state index in [1.54, 1.807) is 0 Å². The Hall–Kier alpha value is -2.51. The van der Waals surface area contributed by atoms with Crippen LogP contribution >= 0.6 is 8.60 Å². The third kappa shape index (κ3) is 5.27. The smallest absolute Gasteiger partial charge is 0.402 e. The average Bonchev–Trinajstić information content (AvgIpc) is 3.25. The summed E-state index contributed by atoms with van der Waals surface area (Å²) in [5, 5.41) is 23.4. The van der Waals surface area contributed by atoms with Gasteiger partial charge in [0, 0.05) is 18.8 Å². The first-order chi connectivity index (χ1) is 15.2. The van der Waals surface area contributed by atoms with Gasteiger partial charge in [0.2, 0.25) is 6.41 Å². The van der Waals surface area contributed by atoms with Gasteiger partial charge in [0.25, 0.3) is 5.91 Å². The minimum Gasteiger partial charge on any atom is -0.426 e. The zero-order valence-corrected chi connectivity index (χ0v) is 18.8. The Morgan fingerprint density at radius 1 is 1.41 bits per heavy atom. The fourth-order valence-electron chi connectivity index (χ4n) is 3.46. The lowest BCUT2D eigenvalue weighted by molar-refractivity contribution is -0.346. The van der Waals surface area contributed by atoms with Gasteiger partial charge in [0.15, 0.2) is 0 Å². The molecular weight excluding hydrogens is 439 g/mol. The summed E-state index contributed by atoms with van der Waals surface area (Å²) in [6.45, 7) is 4.04. The monoisotopic (exact) mass is 464 g/mol. The molecule has 0 aromatic heterocycles. The standard InChI is InChI=1S/C21H25N2O8P/c1-5-15(20(25)22-4)10-23(12-24)18-7-6-17(29-18)21(26,27)31-32-28-11-16-9-13(2)8-14(3)19(16)30-32/h1,8-10,12,17-18,26-27H,6-7,11H2,2-4H3,(H,22,25)/b15-10-. The number of carbonyl (C=O) groups is 2. The van der Waals surface area contributed by atoms with Crippen molar-refractivity contribution in [3.05, 3.63) is 40.6 Å². The highest BCUT2D eigenvalue weighted by atomic mass is 31.2. The molecule has 2 aliphatic rings. The van der Waals surface area contributed by atoms with Crippen molar-refractivity contribution in [2.24, 2.45) is 0 Å². The largest absolute Gasteiger partial charge is 0.426 e. The molecular formula is C21H25N2O8P. The minimum absolute atomic E-state index is 0.0844. The van der Waals surface area contributed by atoms with Crippen LogP contribution in [0.15, 0.2) is 23.9 Å². The Labute approximate surface area is 187 Å². The maximum absolute atomic E-state index is 11.8. The van der Waals surface area contributed by atoms with Gasteiger partial charge in [-0.2, -0.15) is 0 Å². The molecule has 0 radical (unpaired) electrons. The lowest BCUT2D eigenvalue weighted by Crippen LogP contribution is -2.45. The van der Waals surface area contributed by atoms with Gasteiger partial charge in [-0.1, -0.05) is 23.6 Å². The van der Waals surface area contributed by atoms with Crippen molar-refractivity contribution >= 4 is 20.9 Å². The predicted octanol–water partition coefficient (Wildman–Crippen LogP) is 1.32. The van der Waals surface area contributed by atoms with Crippen molar-refractivity contribution in [2.45, 2.75) is 51.6 Å². The maximum atomic E-state index is 11.8. The molecule has 172 valence electrons. The second-order valence-corrected chi connectivity index (χ2v) is 8.45. The summed E-state index contributed by atoms with van der Waals surface area (Å²) in [6.07, 6.45) is 5.24. The molecule has 2 amide bonds. The summed E-state index contributed by atoms with van der Waals surface area (Å²) in [4.78, 5) is 24.3. The molecule has 0 aliphatic carbocycles. The van der Waals surface area contributed by atoms with Crippen molar-refractivity contribution in [1.29, 1.82) is 0 Å². The summed E-state index contributed by atoms with van der Waals surface area (Å²) in [5.74, 6) is -0.500. The number of aliphatic hydroxyl groups is 2. The number of benzene rings is 1. The molecule has 10 nitrogen and oxygen atoms in total. The summed E-state index contributed by atoms with van der Waals surface area (Å²) >= 11 is 0. The number of terminal acetylenes is 1. The van der Waals surface area contributed by atoms with Crippen LogP contribution < -0.4 is 9.84 Å². The normalized spacial score (nSPS) is 23.0. The van der Waals surface area contributed by atoms with Crippen molar-refractivity contribution < 1.29 is 38.1 Å². The van der Waals surface area contributed by atoms with E-state index >= 15 is 0 Å². The van der Waals surface area contributed by atoms with Crippen LogP contribution in [-0.4, -0.2) is 52.8 Å². The Morgan fingerprint density at radius 2 is 2.16 bits per heavy atom. The molecule has 3 unspecified atom stereocenters. The lowest BCUT2D eigenvalue weighted by Gasteiger charge is -2.33. The first-order valence-corrected chi connectivity index (χ1v) is 10.9. The second kappa shape index (κ2) is 9.96. The molecule has 3 rings (SSSR count). The van der Waals surface area contributed by atoms with Crippen molar-refractivity contribution in [1.82, 2.24) is 10.2 Å². The highest BCUT2D eigenvalue weighted by molar-refractivity contribution is 7.42. The van der Waals surface area contributed by atoms with E-state index in [-0.39, 0.29) is 25.0 Å². The number of likely N-dealkylation sites (N-methyl/N-ethyl adjacent to an activating group) is 1. The van der Waals surface area contributed by atoms with Crippen molar-refractivity contribution in [2.75, 3.05) is 7.05 Å². The number of aryl methyl sites for hydroxylation is 2. The Kier molecular flexibility index (Phi) is 7.51. The van der Waals surface area contributed by atoms with E-state index in [9.17, 15) is 19.8 Å². The van der Waals surface area contributed by atoms with E-state index in [2.05, 4.69) is 11.2 Å². The summed E-state index contributed by atoms with van der Waals surface area (Å²) in [7, 11) is -0.698. The van der Waals surface area contributed by atoms with Crippen LogP contribution in [0.1, 0.15) is 29.5 Å². The molecule has 2 heterocycles. The van der Waals surface area contributed by atoms with Crippen LogP contribution in [-0.2, 0) is 30.0 Å². The van der Waals surface area contributed by atoms with Crippen LogP contribution in [0.25, 0.3) is 0 Å². The SMILES string of the molecule is C#C/C(=C/N(C=O)C1CCC(C(O)(O)OP2OCc3cc(C)cc(C)c3O2)O1)C(=O)NC. The Morgan fingerprint density at radius 3 is 2.81 bits per heavy atom. The van der Waals surface area contributed by atoms with Crippen LogP contribution in [0.5, 0.6) is 5.75 Å². The molecule has 32 heavy (non-hydrogen) atoms. The zero-order valence-electron chi connectivity index (χ0n) is 17.9. The predicted molar refractivity (Wildman–Crippen MR) is 113 cm³/mol. The number of nitrogens with zero attached hydrogens (tertiary/aromatic N) is 1. The van der Waals surface area contributed by atoms with Crippen molar-refractivity contribution in [3.8, 4) is 18.1 Å². The van der Waals surface area contributed by atoms with Gasteiger partial charge in [-0.3, -0.25) is 19.0 Å². The molecule has 0 spiro atoms. The molecule has 3 atom stereocenters. The summed E-state index contributed by atoms with van der Waals surface area (Å²) < 4.78 is 22.2. The molecule has 0 saturated carbocycles. The van der Waals surface area contributed by atoms with Crippen LogP contribution in [0.3, 0.4) is 0 Å². The van der Waals surface area contributed by atoms with Gasteiger partial charge in [0.05, 0.1) is 6.61 Å². The summed E-state index contributed by atoms with van der Waals surface area (Å²) in [5.41, 5.74) is 2.70. The van der Waals surface area contributed by atoms with Gasteiger partial charge < -0.3 is 24.8 Å². The first kappa shape index (κ1) is 24.1. The number of nitrogens with one attached hydrogen (secondary N) is 1. The Balaban J connectivity index is 1.66. The number of hydrogen-bond acceptors (Lipinski definition) is 8. The molecule has 1 saturated heterocycles. The number of carbonyl (C=O) groups excluding carboxylic acids is 2. The number of fused-ring (bicyclic) bond motifs is 1. The number of rotatable bonds is 7.